The molecule has 4 rings (SSSR count). The van der Waals surface area contributed by atoms with Crippen LogP contribution in [0.2, 0.25) is 5.02 Å². The number of rotatable bonds is 8. The van der Waals surface area contributed by atoms with Crippen LogP contribution in [0.1, 0.15) is 39.2 Å². The van der Waals surface area contributed by atoms with E-state index in [0.717, 1.165) is 65.8 Å². The Bertz CT molecular complexity index is 1090. The third-order valence-electron chi connectivity index (χ3n) is 6.16. The molecule has 2 heterocycles. The number of nitrogens with one attached hydrogen (secondary N) is 1. The monoisotopic (exact) mass is 478 g/mol. The van der Waals surface area contributed by atoms with Crippen LogP contribution in [0.3, 0.4) is 0 Å². The summed E-state index contributed by atoms with van der Waals surface area (Å²) in [5.41, 5.74) is 5.70. The van der Waals surface area contributed by atoms with Crippen LogP contribution >= 0.6 is 11.6 Å². The van der Waals surface area contributed by atoms with E-state index >= 15 is 0 Å². The van der Waals surface area contributed by atoms with Gasteiger partial charge in [0.25, 0.3) is 0 Å². The van der Waals surface area contributed by atoms with Gasteiger partial charge in [-0.2, -0.15) is 0 Å². The number of ether oxygens (including phenoxy) is 1. The lowest BCUT2D eigenvalue weighted by Crippen LogP contribution is -2.45. The number of nitrogens with zero attached hydrogens (tertiary/aromatic N) is 3. The minimum absolute atomic E-state index is 0.247. The summed E-state index contributed by atoms with van der Waals surface area (Å²) in [6.07, 6.45) is 6.12. The van der Waals surface area contributed by atoms with Gasteiger partial charge in [0.1, 0.15) is 5.60 Å². The molecule has 5 nitrogen and oxygen atoms in total. The minimum atomic E-state index is -0.247. The van der Waals surface area contributed by atoms with Crippen molar-refractivity contribution in [2.24, 2.45) is 5.92 Å². The van der Waals surface area contributed by atoms with Gasteiger partial charge >= 0.3 is 0 Å². The van der Waals surface area contributed by atoms with Gasteiger partial charge in [-0.25, -0.2) is 0 Å². The Labute approximate surface area is 208 Å². The number of hydrogen-bond acceptors (Lipinski definition) is 5. The van der Waals surface area contributed by atoms with Gasteiger partial charge in [0.15, 0.2) is 5.88 Å². The molecule has 1 aliphatic carbocycles. The van der Waals surface area contributed by atoms with Crippen LogP contribution in [0.25, 0.3) is 16.8 Å². The first-order valence-corrected chi connectivity index (χ1v) is 12.3. The highest BCUT2D eigenvalue weighted by Gasteiger charge is 2.25. The van der Waals surface area contributed by atoms with E-state index in [4.69, 9.17) is 16.3 Å². The summed E-state index contributed by atoms with van der Waals surface area (Å²) in [6, 6.07) is 8.22. The molecule has 2 aliphatic rings. The smallest absolute Gasteiger partial charge is 0.182 e. The fourth-order valence-corrected chi connectivity index (χ4v) is 4.42. The molecule has 1 aromatic carbocycles. The highest BCUT2D eigenvalue weighted by molar-refractivity contribution is 6.32. The molecule has 1 N–H and O–H groups in total. The molecule has 1 aromatic heterocycles. The molecule has 0 bridgehead atoms. The third-order valence-corrected chi connectivity index (χ3v) is 6.48. The third kappa shape index (κ3) is 5.95. The summed E-state index contributed by atoms with van der Waals surface area (Å²) in [6.45, 7) is 22.1. The van der Waals surface area contributed by atoms with Crippen molar-refractivity contribution in [1.29, 1.82) is 0 Å². The maximum Gasteiger partial charge on any atom is 0.182 e. The molecular formula is C28H35ClN4O. The van der Waals surface area contributed by atoms with Crippen molar-refractivity contribution in [1.82, 2.24) is 14.8 Å². The van der Waals surface area contributed by atoms with E-state index in [1.807, 2.05) is 39.2 Å². The van der Waals surface area contributed by atoms with Crippen molar-refractivity contribution in [3.8, 4) is 11.1 Å². The molecule has 2 aromatic rings. The summed E-state index contributed by atoms with van der Waals surface area (Å²) >= 11 is 6.74. The zero-order chi connectivity index (χ0) is 24.5. The van der Waals surface area contributed by atoms with Crippen LogP contribution in [-0.2, 0) is 4.74 Å². The van der Waals surface area contributed by atoms with Crippen LogP contribution in [0.15, 0.2) is 68.0 Å². The van der Waals surface area contributed by atoms with Crippen molar-refractivity contribution in [3.63, 3.8) is 0 Å². The standard InChI is InChI=1S/C28H35ClN4O/c1-19(22-7-8-22)31-25-15-24(17-30-18-25)23-9-10-26(27(29)16-23)20(2)32-11-13-33(14-12-32)21(3)34-28(4,5)6/h9-10,15-18,22,31H,1-3,7-8,11-14H2,4-6H3. The van der Waals surface area contributed by atoms with Crippen molar-refractivity contribution in [2.75, 3.05) is 31.5 Å². The number of halogens is 1. The normalized spacial score (nSPS) is 16.2. The predicted octanol–water partition coefficient (Wildman–Crippen LogP) is 6.61. The first-order valence-electron chi connectivity index (χ1n) is 11.9. The Morgan fingerprint density at radius 1 is 1.00 bits per heavy atom. The van der Waals surface area contributed by atoms with Crippen LogP contribution in [-0.4, -0.2) is 46.6 Å². The van der Waals surface area contributed by atoms with Crippen molar-refractivity contribution in [3.05, 3.63) is 78.6 Å². The first-order chi connectivity index (χ1) is 16.1. The fraction of sp³-hybridized carbons (Fsp3) is 0.393. The summed E-state index contributed by atoms with van der Waals surface area (Å²) in [7, 11) is 0. The molecule has 34 heavy (non-hydrogen) atoms. The fourth-order valence-electron chi connectivity index (χ4n) is 4.13. The average Bonchev–Trinajstić information content (AvgIpc) is 3.63. The van der Waals surface area contributed by atoms with E-state index < -0.39 is 0 Å². The largest absolute Gasteiger partial charge is 0.474 e. The zero-order valence-electron chi connectivity index (χ0n) is 20.5. The van der Waals surface area contributed by atoms with Crippen molar-refractivity contribution >= 4 is 23.0 Å². The SMILES string of the molecule is C=C(Nc1cncc(-c2ccc(C(=C)N3CCN(C(=C)OC(C)(C)C)CC3)c(Cl)c2)c1)C1CC1. The van der Waals surface area contributed by atoms with Gasteiger partial charge in [0, 0.05) is 54.9 Å². The lowest BCUT2D eigenvalue weighted by Gasteiger charge is -2.40. The number of piperazine rings is 1. The Kier molecular flexibility index (Phi) is 6.94. The summed E-state index contributed by atoms with van der Waals surface area (Å²) in [5, 5.41) is 4.08. The molecule has 180 valence electrons. The minimum Gasteiger partial charge on any atom is -0.474 e. The molecule has 1 saturated heterocycles. The van der Waals surface area contributed by atoms with E-state index in [1.165, 1.54) is 12.8 Å². The van der Waals surface area contributed by atoms with Crippen LogP contribution in [0.5, 0.6) is 0 Å². The molecule has 0 radical (unpaired) electrons. The Balaban J connectivity index is 1.40. The van der Waals surface area contributed by atoms with Gasteiger partial charge in [-0.1, -0.05) is 36.9 Å². The molecule has 0 amide bonds. The lowest BCUT2D eigenvalue weighted by atomic mass is 10.0. The van der Waals surface area contributed by atoms with Crippen LogP contribution < -0.4 is 5.32 Å². The van der Waals surface area contributed by atoms with Crippen LogP contribution in [0, 0.1) is 5.92 Å². The second kappa shape index (κ2) is 9.75. The number of benzene rings is 1. The predicted molar refractivity (Wildman–Crippen MR) is 142 cm³/mol. The Morgan fingerprint density at radius 2 is 1.68 bits per heavy atom. The Morgan fingerprint density at radius 3 is 2.29 bits per heavy atom. The zero-order valence-corrected chi connectivity index (χ0v) is 21.3. The highest BCUT2D eigenvalue weighted by Crippen LogP contribution is 2.36. The van der Waals surface area contributed by atoms with E-state index in [1.54, 1.807) is 0 Å². The van der Waals surface area contributed by atoms with Gasteiger partial charge in [-0.15, -0.1) is 0 Å². The number of allylic oxidation sites excluding steroid dienone is 1. The summed E-state index contributed by atoms with van der Waals surface area (Å²) in [4.78, 5) is 8.86. The molecular weight excluding hydrogens is 444 g/mol. The van der Waals surface area contributed by atoms with E-state index in [-0.39, 0.29) is 5.60 Å². The molecule has 0 unspecified atom stereocenters. The van der Waals surface area contributed by atoms with Crippen molar-refractivity contribution in [2.45, 2.75) is 39.2 Å². The number of aromatic nitrogens is 1. The average molecular weight is 479 g/mol. The number of hydrogen-bond donors (Lipinski definition) is 1. The maximum atomic E-state index is 6.74. The first kappa shape index (κ1) is 24.2. The van der Waals surface area contributed by atoms with Crippen molar-refractivity contribution < 1.29 is 4.74 Å². The molecule has 0 spiro atoms. The second-order valence-corrected chi connectivity index (χ2v) is 10.5. The van der Waals surface area contributed by atoms with Gasteiger partial charge in [-0.05, 0) is 63.8 Å². The van der Waals surface area contributed by atoms with Gasteiger partial charge in [0.2, 0.25) is 0 Å². The molecule has 1 saturated carbocycles. The topological polar surface area (TPSA) is 40.6 Å². The molecule has 2 fully saturated rings. The molecule has 1 aliphatic heterocycles. The number of pyridine rings is 1. The van der Waals surface area contributed by atoms with Gasteiger partial charge in [-0.3, -0.25) is 4.98 Å². The quantitative estimate of drug-likeness (QED) is 0.432. The van der Waals surface area contributed by atoms with E-state index in [2.05, 4.69) is 58.0 Å². The maximum absolute atomic E-state index is 6.74. The van der Waals surface area contributed by atoms with E-state index in [9.17, 15) is 0 Å². The van der Waals surface area contributed by atoms with Crippen LogP contribution in [0.4, 0.5) is 5.69 Å². The second-order valence-electron chi connectivity index (χ2n) is 10.1. The molecule has 0 atom stereocenters. The summed E-state index contributed by atoms with van der Waals surface area (Å²) in [5.74, 6) is 1.32. The molecule has 6 heteroatoms. The number of anilines is 1. The summed E-state index contributed by atoms with van der Waals surface area (Å²) < 4.78 is 5.93. The van der Waals surface area contributed by atoms with Gasteiger partial charge < -0.3 is 19.9 Å². The van der Waals surface area contributed by atoms with Gasteiger partial charge in [0.05, 0.1) is 16.9 Å². The highest BCUT2D eigenvalue weighted by atomic mass is 35.5. The van der Waals surface area contributed by atoms with E-state index in [0.29, 0.717) is 10.9 Å². The lowest BCUT2D eigenvalue weighted by molar-refractivity contribution is -0.00550. The Hall–Kier alpha value is -2.92.